The molecule has 3 heterocycles. The van der Waals surface area contributed by atoms with Gasteiger partial charge in [-0.2, -0.15) is 4.39 Å². The summed E-state index contributed by atoms with van der Waals surface area (Å²) >= 11 is 4.35. The number of hydrogen-bond donors (Lipinski definition) is 1. The van der Waals surface area contributed by atoms with E-state index in [0.29, 0.717) is 10.7 Å². The van der Waals surface area contributed by atoms with Crippen LogP contribution in [0.25, 0.3) is 20.5 Å². The highest BCUT2D eigenvalue weighted by atomic mass is 32.2. The summed E-state index contributed by atoms with van der Waals surface area (Å²) in [6, 6.07) is 10.8. The van der Waals surface area contributed by atoms with E-state index in [-0.39, 0.29) is 11.4 Å². The summed E-state index contributed by atoms with van der Waals surface area (Å²) in [7, 11) is 0. The second-order valence-electron chi connectivity index (χ2n) is 6.43. The van der Waals surface area contributed by atoms with Gasteiger partial charge in [0.05, 0.1) is 26.1 Å². The van der Waals surface area contributed by atoms with Crippen LogP contribution in [0.2, 0.25) is 0 Å². The van der Waals surface area contributed by atoms with Crippen molar-refractivity contribution in [3.63, 3.8) is 0 Å². The van der Waals surface area contributed by atoms with Gasteiger partial charge in [-0.1, -0.05) is 17.8 Å². The van der Waals surface area contributed by atoms with Crippen LogP contribution in [0.3, 0.4) is 0 Å². The number of aryl methyl sites for hydroxylation is 1. The molecule has 4 rings (SSSR count). The minimum absolute atomic E-state index is 0.0152. The average Bonchev–Trinajstić information content (AvgIpc) is 3.44. The summed E-state index contributed by atoms with van der Waals surface area (Å²) in [5.41, 5.74) is 1.03. The molecule has 4 aromatic rings. The minimum atomic E-state index is -0.962. The van der Waals surface area contributed by atoms with Crippen LogP contribution in [0.4, 0.5) is 15.8 Å². The number of carbonyl (C=O) groups is 1. The van der Waals surface area contributed by atoms with Crippen LogP contribution in [0.5, 0.6) is 0 Å². The number of thiophene rings is 1. The number of hydrogen-bond acceptors (Lipinski definition) is 9. The van der Waals surface area contributed by atoms with Gasteiger partial charge in [-0.05, 0) is 42.6 Å². The molecule has 0 radical (unpaired) electrons. The summed E-state index contributed by atoms with van der Waals surface area (Å²) in [5.74, 6) is -1.35. The van der Waals surface area contributed by atoms with Crippen molar-refractivity contribution in [1.82, 2.24) is 15.2 Å². The third-order valence-corrected chi connectivity index (χ3v) is 7.32. The maximum atomic E-state index is 13.4. The number of rotatable bonds is 7. The summed E-state index contributed by atoms with van der Waals surface area (Å²) in [5, 5.41) is 25.2. The molecule has 12 heteroatoms. The quantitative estimate of drug-likeness (QED) is 0.211. The van der Waals surface area contributed by atoms with Gasteiger partial charge in [0.25, 0.3) is 0 Å². The Hall–Kier alpha value is -3.22. The van der Waals surface area contributed by atoms with Crippen LogP contribution in [0.15, 0.2) is 52.9 Å². The molecule has 1 amide bonds. The third-order valence-electron chi connectivity index (χ3n) is 4.18. The highest BCUT2D eigenvalue weighted by Gasteiger charge is 2.16. The van der Waals surface area contributed by atoms with E-state index in [2.05, 4.69) is 20.5 Å². The highest BCUT2D eigenvalue weighted by molar-refractivity contribution is 7.99. The number of anilines is 1. The van der Waals surface area contributed by atoms with Gasteiger partial charge in [0.2, 0.25) is 11.7 Å². The van der Waals surface area contributed by atoms with Crippen LogP contribution >= 0.6 is 34.4 Å². The zero-order valence-corrected chi connectivity index (χ0v) is 18.9. The molecule has 0 spiro atoms. The molecule has 162 valence electrons. The predicted molar refractivity (Wildman–Crippen MR) is 124 cm³/mol. The lowest BCUT2D eigenvalue weighted by atomic mass is 10.2. The Bertz CT molecular complexity index is 1280. The summed E-state index contributed by atoms with van der Waals surface area (Å²) in [6.07, 6.45) is 0. The number of carbonyl (C=O) groups excluding carboxylic acids is 1. The molecular weight excluding hydrogens is 473 g/mol. The van der Waals surface area contributed by atoms with E-state index in [4.69, 9.17) is 0 Å². The molecule has 0 fully saturated rings. The maximum absolute atomic E-state index is 13.4. The topological polar surface area (TPSA) is 111 Å². The lowest BCUT2D eigenvalue weighted by molar-refractivity contribution is -0.387. The molecular formula is C20H14FN5O3S3. The molecule has 1 N–H and O–H groups in total. The van der Waals surface area contributed by atoms with Gasteiger partial charge in [0, 0.05) is 11.8 Å². The minimum Gasteiger partial charge on any atom is -0.325 e. The van der Waals surface area contributed by atoms with Gasteiger partial charge in [-0.15, -0.1) is 32.9 Å². The molecule has 0 unspecified atom stereocenters. The molecule has 1 aromatic carbocycles. The number of thiazole rings is 1. The number of nitrogens with one attached hydrogen (secondary N) is 1. The van der Waals surface area contributed by atoms with E-state index in [0.717, 1.165) is 32.6 Å². The number of thioether (sulfide) groups is 1. The number of nitrogens with zero attached hydrogens (tertiary/aromatic N) is 4. The van der Waals surface area contributed by atoms with E-state index in [1.54, 1.807) is 28.7 Å². The fourth-order valence-electron chi connectivity index (χ4n) is 2.72. The lowest BCUT2D eigenvalue weighted by Crippen LogP contribution is -2.14. The first-order valence-electron chi connectivity index (χ1n) is 9.12. The molecule has 32 heavy (non-hydrogen) atoms. The molecule has 8 nitrogen and oxygen atoms in total. The van der Waals surface area contributed by atoms with Gasteiger partial charge in [0.15, 0.2) is 0 Å². The average molecular weight is 488 g/mol. The molecule has 0 saturated carbocycles. The zero-order chi connectivity index (χ0) is 22.7. The SMILES string of the molecule is Cc1nc(-c2cccs2)sc1-c1ccc(SCC(=O)Nc2ccc(F)c([N+](=O)[O-])c2)nn1. The fourth-order valence-corrected chi connectivity index (χ4v) is 5.17. The second kappa shape index (κ2) is 9.51. The normalized spacial score (nSPS) is 10.8. The first-order valence-corrected chi connectivity index (χ1v) is 11.8. The van der Waals surface area contributed by atoms with Gasteiger partial charge < -0.3 is 5.32 Å². The van der Waals surface area contributed by atoms with E-state index in [9.17, 15) is 19.3 Å². The number of benzene rings is 1. The number of nitro groups is 1. The van der Waals surface area contributed by atoms with E-state index >= 15 is 0 Å². The maximum Gasteiger partial charge on any atom is 0.306 e. The largest absolute Gasteiger partial charge is 0.325 e. The van der Waals surface area contributed by atoms with Crippen LogP contribution in [0.1, 0.15) is 5.69 Å². The van der Waals surface area contributed by atoms with Crippen molar-refractivity contribution in [2.75, 3.05) is 11.1 Å². The van der Waals surface area contributed by atoms with Crippen LogP contribution in [0, 0.1) is 22.9 Å². The van der Waals surface area contributed by atoms with Gasteiger partial charge in [-0.3, -0.25) is 14.9 Å². The smallest absolute Gasteiger partial charge is 0.306 e. The zero-order valence-electron chi connectivity index (χ0n) is 16.4. The van der Waals surface area contributed by atoms with E-state index in [1.165, 1.54) is 17.8 Å². The molecule has 0 bridgehead atoms. The van der Waals surface area contributed by atoms with Crippen LogP contribution in [-0.4, -0.2) is 31.8 Å². The van der Waals surface area contributed by atoms with Crippen molar-refractivity contribution in [3.8, 4) is 20.5 Å². The molecule has 3 aromatic heterocycles. The number of nitro benzene ring substituents is 1. The molecule has 0 aliphatic heterocycles. The van der Waals surface area contributed by atoms with Crippen molar-refractivity contribution in [3.05, 3.63) is 69.5 Å². The Balaban J connectivity index is 1.38. The molecule has 0 aliphatic rings. The number of amides is 1. The summed E-state index contributed by atoms with van der Waals surface area (Å²) in [6.45, 7) is 1.93. The van der Waals surface area contributed by atoms with Gasteiger partial charge >= 0.3 is 5.69 Å². The fraction of sp³-hybridized carbons (Fsp3) is 0.100. The van der Waals surface area contributed by atoms with E-state index in [1.807, 2.05) is 30.5 Å². The Kier molecular flexibility index (Phi) is 6.53. The van der Waals surface area contributed by atoms with Crippen molar-refractivity contribution in [2.45, 2.75) is 11.9 Å². The predicted octanol–water partition coefficient (Wildman–Crippen LogP) is 5.42. The number of halogens is 1. The summed E-state index contributed by atoms with van der Waals surface area (Å²) < 4.78 is 13.4. The van der Waals surface area contributed by atoms with E-state index < -0.39 is 22.3 Å². The number of aromatic nitrogens is 3. The monoisotopic (exact) mass is 487 g/mol. The van der Waals surface area contributed by atoms with Gasteiger partial charge in [-0.25, -0.2) is 4.98 Å². The molecule has 0 aliphatic carbocycles. The molecule has 0 saturated heterocycles. The lowest BCUT2D eigenvalue weighted by Gasteiger charge is -2.05. The van der Waals surface area contributed by atoms with Crippen LogP contribution in [-0.2, 0) is 4.79 Å². The Morgan fingerprint density at radius 2 is 2.09 bits per heavy atom. The Morgan fingerprint density at radius 1 is 1.25 bits per heavy atom. The van der Waals surface area contributed by atoms with Crippen LogP contribution < -0.4 is 5.32 Å². The van der Waals surface area contributed by atoms with Crippen molar-refractivity contribution in [1.29, 1.82) is 0 Å². The summed E-state index contributed by atoms with van der Waals surface area (Å²) in [4.78, 5) is 28.8. The first-order chi connectivity index (χ1) is 15.4. The Labute approximate surface area is 193 Å². The standard InChI is InChI=1S/C20H14FN5O3S3/c1-11-19(32-20(22-11)16-3-2-8-30-16)14-6-7-18(25-24-14)31-10-17(27)23-12-4-5-13(21)15(9-12)26(28)29/h2-9H,10H2,1H3,(H,23,27). The van der Waals surface area contributed by atoms with Crippen molar-refractivity contribution < 1.29 is 14.1 Å². The third kappa shape index (κ3) is 4.98. The van der Waals surface area contributed by atoms with Crippen molar-refractivity contribution >= 4 is 51.7 Å². The van der Waals surface area contributed by atoms with Gasteiger partial charge in [0.1, 0.15) is 15.7 Å². The Morgan fingerprint density at radius 3 is 2.78 bits per heavy atom. The molecule has 0 atom stereocenters. The second-order valence-corrected chi connectivity index (χ2v) is 9.37. The first kappa shape index (κ1) is 22.0. The highest BCUT2D eigenvalue weighted by Crippen LogP contribution is 2.36. The van der Waals surface area contributed by atoms with Crippen molar-refractivity contribution in [2.24, 2.45) is 0 Å².